The minimum absolute atomic E-state index is 0.643. The lowest BCUT2D eigenvalue weighted by atomic mass is 10.1. The molecule has 0 aliphatic rings. The normalized spacial score (nSPS) is 11.9. The average Bonchev–Trinajstić information content (AvgIpc) is 3.49. The van der Waals surface area contributed by atoms with Crippen LogP contribution in [0.1, 0.15) is 0 Å². The minimum atomic E-state index is 0.643. The maximum Gasteiger partial charge on any atom is 0.165 e. The molecule has 3 aromatic heterocycles. The second-order valence-electron chi connectivity index (χ2n) is 9.27. The van der Waals surface area contributed by atoms with Gasteiger partial charge in [0, 0.05) is 32.6 Å². The third-order valence-electron chi connectivity index (χ3n) is 7.21. The largest absolute Gasteiger partial charge is 0.353 e. The van der Waals surface area contributed by atoms with Gasteiger partial charge < -0.3 is 4.98 Å². The number of nitrogens with zero attached hydrogens (tertiary/aromatic N) is 3. The Morgan fingerprint density at radius 2 is 1.27 bits per heavy atom. The van der Waals surface area contributed by atoms with E-state index in [1.807, 2.05) is 48.5 Å². The lowest BCUT2D eigenvalue weighted by Gasteiger charge is -2.14. The first-order valence-corrected chi connectivity index (χ1v) is 12.6. The van der Waals surface area contributed by atoms with Gasteiger partial charge in [-0.15, -0.1) is 0 Å². The summed E-state index contributed by atoms with van der Waals surface area (Å²) in [6.45, 7) is 0. The highest BCUT2D eigenvalue weighted by Gasteiger charge is 2.22. The van der Waals surface area contributed by atoms with Gasteiger partial charge >= 0.3 is 0 Å². The number of rotatable bonds is 2. The van der Waals surface area contributed by atoms with Gasteiger partial charge in [-0.05, 0) is 30.3 Å². The number of H-pyrrole nitrogens is 1. The molecule has 0 saturated heterocycles. The molecule has 0 atom stereocenters. The number of hydrogen-bond acceptors (Lipinski definition) is 2. The molecular weight excluding hydrogens is 476 g/mol. The molecule has 174 valence electrons. The van der Waals surface area contributed by atoms with Crippen molar-refractivity contribution in [1.29, 1.82) is 0 Å². The van der Waals surface area contributed by atoms with Crippen LogP contribution in [0.5, 0.6) is 0 Å². The number of aromatic amines is 1. The number of para-hydroxylation sites is 4. The Labute approximate surface area is 216 Å². The van der Waals surface area contributed by atoms with Crippen molar-refractivity contribution >= 4 is 66.2 Å². The maximum atomic E-state index is 6.75. The molecule has 0 spiro atoms. The summed E-state index contributed by atoms with van der Waals surface area (Å²) in [5, 5.41) is 5.35. The third kappa shape index (κ3) is 2.90. The maximum absolute atomic E-state index is 6.75. The Kier molecular flexibility index (Phi) is 4.25. The molecule has 0 unspecified atom stereocenters. The summed E-state index contributed by atoms with van der Waals surface area (Å²) in [5.74, 6) is 0.754. The van der Waals surface area contributed by atoms with Crippen molar-refractivity contribution < 1.29 is 0 Å². The van der Waals surface area contributed by atoms with Gasteiger partial charge in [0.1, 0.15) is 5.69 Å². The molecule has 0 aliphatic heterocycles. The van der Waals surface area contributed by atoms with Crippen molar-refractivity contribution in [3.8, 4) is 17.1 Å². The Morgan fingerprint density at radius 3 is 2.14 bits per heavy atom. The van der Waals surface area contributed by atoms with Crippen LogP contribution >= 0.6 is 11.6 Å². The van der Waals surface area contributed by atoms with Crippen molar-refractivity contribution in [3.05, 3.63) is 114 Å². The number of nitrogens with one attached hydrogen (secondary N) is 1. The van der Waals surface area contributed by atoms with Gasteiger partial charge in [-0.3, -0.25) is 4.57 Å². The predicted octanol–water partition coefficient (Wildman–Crippen LogP) is 8.68. The highest BCUT2D eigenvalue weighted by molar-refractivity contribution is 6.33. The first-order chi connectivity index (χ1) is 18.3. The van der Waals surface area contributed by atoms with Gasteiger partial charge in [0.25, 0.3) is 0 Å². The second kappa shape index (κ2) is 7.66. The zero-order valence-corrected chi connectivity index (χ0v) is 20.4. The van der Waals surface area contributed by atoms with Crippen LogP contribution < -0.4 is 0 Å². The molecule has 1 N–H and O–H groups in total. The van der Waals surface area contributed by atoms with Gasteiger partial charge in [0.05, 0.1) is 32.6 Å². The smallest absolute Gasteiger partial charge is 0.165 e. The summed E-state index contributed by atoms with van der Waals surface area (Å²) in [7, 11) is 0. The first kappa shape index (κ1) is 20.5. The zero-order valence-electron chi connectivity index (χ0n) is 19.6. The second-order valence-corrected chi connectivity index (χ2v) is 9.68. The van der Waals surface area contributed by atoms with Gasteiger partial charge in [0.2, 0.25) is 0 Å². The third-order valence-corrected chi connectivity index (χ3v) is 7.54. The Hall–Kier alpha value is -4.67. The minimum Gasteiger partial charge on any atom is -0.353 e. The highest BCUT2D eigenvalue weighted by Crippen LogP contribution is 2.41. The van der Waals surface area contributed by atoms with E-state index in [1.54, 1.807) is 0 Å². The van der Waals surface area contributed by atoms with E-state index >= 15 is 0 Å². The number of fused-ring (bicyclic) bond motifs is 8. The van der Waals surface area contributed by atoms with E-state index in [1.165, 1.54) is 10.8 Å². The summed E-state index contributed by atoms with van der Waals surface area (Å²) >= 11 is 6.75. The summed E-state index contributed by atoms with van der Waals surface area (Å²) in [5.41, 5.74) is 7.61. The van der Waals surface area contributed by atoms with Crippen molar-refractivity contribution in [2.24, 2.45) is 0 Å². The van der Waals surface area contributed by atoms with E-state index in [2.05, 4.69) is 70.2 Å². The molecular formula is C32H19ClN4. The molecule has 0 fully saturated rings. The van der Waals surface area contributed by atoms with Gasteiger partial charge in [-0.25, -0.2) is 9.97 Å². The molecule has 3 heterocycles. The SMILES string of the molecule is Clc1ccccc1-c1nc2ccccc2nc1-n1c2ccccc2c2ccc3c4ccccc4[nH]c3c21. The van der Waals surface area contributed by atoms with Crippen LogP contribution in [0.15, 0.2) is 109 Å². The van der Waals surface area contributed by atoms with E-state index in [4.69, 9.17) is 21.6 Å². The zero-order chi connectivity index (χ0) is 24.5. The summed E-state index contributed by atoms with van der Waals surface area (Å²) in [4.78, 5) is 14.0. The summed E-state index contributed by atoms with van der Waals surface area (Å²) < 4.78 is 2.25. The molecule has 5 aromatic carbocycles. The molecule has 0 saturated carbocycles. The van der Waals surface area contributed by atoms with E-state index in [9.17, 15) is 0 Å². The Morgan fingerprint density at radius 1 is 0.595 bits per heavy atom. The molecule has 0 amide bonds. The molecule has 8 rings (SSSR count). The van der Waals surface area contributed by atoms with Crippen molar-refractivity contribution in [2.45, 2.75) is 0 Å². The molecule has 8 aromatic rings. The van der Waals surface area contributed by atoms with Crippen molar-refractivity contribution in [2.75, 3.05) is 0 Å². The van der Waals surface area contributed by atoms with E-state index < -0.39 is 0 Å². The molecule has 0 aliphatic carbocycles. The topological polar surface area (TPSA) is 46.5 Å². The average molecular weight is 495 g/mol. The Balaban J connectivity index is 1.62. The highest BCUT2D eigenvalue weighted by atomic mass is 35.5. The monoisotopic (exact) mass is 494 g/mol. The fourth-order valence-corrected chi connectivity index (χ4v) is 5.80. The Bertz CT molecular complexity index is 2170. The first-order valence-electron chi connectivity index (χ1n) is 12.2. The van der Waals surface area contributed by atoms with Gasteiger partial charge in [-0.1, -0.05) is 90.5 Å². The molecule has 37 heavy (non-hydrogen) atoms. The quantitative estimate of drug-likeness (QED) is 0.261. The number of aromatic nitrogens is 4. The molecule has 4 nitrogen and oxygen atoms in total. The van der Waals surface area contributed by atoms with Crippen LogP contribution in [0.4, 0.5) is 0 Å². The van der Waals surface area contributed by atoms with Crippen LogP contribution in [0.3, 0.4) is 0 Å². The number of hydrogen-bond donors (Lipinski definition) is 1. The lowest BCUT2D eigenvalue weighted by Crippen LogP contribution is -2.04. The van der Waals surface area contributed by atoms with Crippen LogP contribution in [0.2, 0.25) is 5.02 Å². The fourth-order valence-electron chi connectivity index (χ4n) is 5.57. The number of halogens is 1. The number of benzene rings is 5. The van der Waals surface area contributed by atoms with Crippen molar-refractivity contribution in [3.63, 3.8) is 0 Å². The van der Waals surface area contributed by atoms with Crippen LogP contribution in [0, 0.1) is 0 Å². The summed E-state index contributed by atoms with van der Waals surface area (Å²) in [6, 6.07) is 37.2. The van der Waals surface area contributed by atoms with Crippen LogP contribution in [-0.2, 0) is 0 Å². The fraction of sp³-hybridized carbons (Fsp3) is 0. The van der Waals surface area contributed by atoms with Crippen LogP contribution in [0.25, 0.3) is 71.7 Å². The molecule has 0 bridgehead atoms. The summed E-state index contributed by atoms with van der Waals surface area (Å²) in [6.07, 6.45) is 0. The van der Waals surface area contributed by atoms with E-state index in [-0.39, 0.29) is 0 Å². The van der Waals surface area contributed by atoms with Gasteiger partial charge in [0.15, 0.2) is 5.82 Å². The lowest BCUT2D eigenvalue weighted by molar-refractivity contribution is 1.08. The van der Waals surface area contributed by atoms with E-state index in [0.29, 0.717) is 5.02 Å². The van der Waals surface area contributed by atoms with Crippen molar-refractivity contribution in [1.82, 2.24) is 19.5 Å². The standard InChI is InChI=1S/C32H19ClN4/c33-24-12-4-1-11-23(24)30-32(36-27-15-7-6-14-26(27)35-30)37-28-16-8-3-10-20(28)22-18-17-21-19-9-2-5-13-25(19)34-29(21)31(22)37/h1-18,34H. The molecule has 5 heteroatoms. The van der Waals surface area contributed by atoms with E-state index in [0.717, 1.165) is 60.9 Å². The van der Waals surface area contributed by atoms with Crippen LogP contribution in [-0.4, -0.2) is 19.5 Å². The van der Waals surface area contributed by atoms with Gasteiger partial charge in [-0.2, -0.15) is 0 Å². The molecule has 0 radical (unpaired) electrons. The predicted molar refractivity (Wildman–Crippen MR) is 154 cm³/mol.